The molecule has 3 nitrogen and oxygen atoms in total. The molecule has 0 spiro atoms. The first-order chi connectivity index (χ1) is 17.2. The third-order valence-electron chi connectivity index (χ3n) is 6.21. The number of unbranched alkanes of at least 4 members (excludes halogenated alkanes) is 12. The summed E-state index contributed by atoms with van der Waals surface area (Å²) in [6.07, 6.45) is 29.2. The molecule has 0 bridgehead atoms. The van der Waals surface area contributed by atoms with Crippen LogP contribution in [-0.2, 0) is 14.2 Å². The van der Waals surface area contributed by atoms with E-state index in [1.807, 2.05) is 0 Å². The molecule has 0 aromatic rings. The van der Waals surface area contributed by atoms with Crippen LogP contribution in [0.15, 0.2) is 24.3 Å². The summed E-state index contributed by atoms with van der Waals surface area (Å²) in [7, 11) is 0. The minimum Gasteiger partial charge on any atom is -0.355 e. The number of hydrogen-bond acceptors (Lipinski definition) is 3. The van der Waals surface area contributed by atoms with Crippen LogP contribution in [0.5, 0.6) is 0 Å². The monoisotopic (exact) mass is 534 g/mol. The molecular formula is C30H56Cl2O3. The maximum absolute atomic E-state index is 5.70. The predicted octanol–water partition coefficient (Wildman–Crippen LogP) is 10.1. The number of allylic oxidation sites excluding steroid dienone is 4. The maximum atomic E-state index is 5.70. The summed E-state index contributed by atoms with van der Waals surface area (Å²) in [5.41, 5.74) is 0. The van der Waals surface area contributed by atoms with E-state index in [4.69, 9.17) is 37.4 Å². The molecule has 2 atom stereocenters. The van der Waals surface area contributed by atoms with Crippen molar-refractivity contribution in [3.05, 3.63) is 24.3 Å². The second-order valence-electron chi connectivity index (χ2n) is 9.84. The van der Waals surface area contributed by atoms with Gasteiger partial charge >= 0.3 is 0 Å². The molecule has 208 valence electrons. The molecule has 0 aromatic carbocycles. The number of ether oxygens (including phenoxy) is 3. The van der Waals surface area contributed by atoms with E-state index >= 15 is 0 Å². The second kappa shape index (κ2) is 30.2. The zero-order chi connectivity index (χ0) is 25.7. The molecule has 2 unspecified atom stereocenters. The maximum Gasteiger partial charge on any atom is 0.149 e. The third-order valence-corrected chi connectivity index (χ3v) is 6.74. The predicted molar refractivity (Wildman–Crippen MR) is 155 cm³/mol. The van der Waals surface area contributed by atoms with Crippen molar-refractivity contribution in [3.8, 4) is 0 Å². The molecule has 0 aromatic heterocycles. The van der Waals surface area contributed by atoms with Gasteiger partial charge in [-0.25, -0.2) is 0 Å². The zero-order valence-corrected chi connectivity index (χ0v) is 24.5. The van der Waals surface area contributed by atoms with Gasteiger partial charge in [0.2, 0.25) is 0 Å². The van der Waals surface area contributed by atoms with E-state index in [2.05, 4.69) is 38.2 Å². The Labute approximate surface area is 228 Å². The van der Waals surface area contributed by atoms with Crippen molar-refractivity contribution in [1.82, 2.24) is 0 Å². The lowest BCUT2D eigenvalue weighted by atomic mass is 10.1. The van der Waals surface area contributed by atoms with Crippen LogP contribution in [0.25, 0.3) is 0 Å². The van der Waals surface area contributed by atoms with Crippen molar-refractivity contribution >= 4 is 23.2 Å². The number of hydrogen-bond donors (Lipinski definition) is 0. The Morgan fingerprint density at radius 2 is 0.886 bits per heavy atom. The highest BCUT2D eigenvalue weighted by Crippen LogP contribution is 2.11. The first-order valence-corrected chi connectivity index (χ1v) is 15.5. The fraction of sp³-hybridized carbons (Fsp3) is 0.867. The van der Waals surface area contributed by atoms with Crippen LogP contribution in [0.3, 0.4) is 0 Å². The van der Waals surface area contributed by atoms with Crippen LogP contribution in [-0.4, -0.2) is 38.6 Å². The van der Waals surface area contributed by atoms with Gasteiger partial charge in [0, 0.05) is 25.0 Å². The van der Waals surface area contributed by atoms with E-state index in [0.717, 1.165) is 50.7 Å². The van der Waals surface area contributed by atoms with Gasteiger partial charge in [0.15, 0.2) is 0 Å². The Bertz CT molecular complexity index is 417. The Hall–Kier alpha value is -0.0600. The van der Waals surface area contributed by atoms with E-state index in [9.17, 15) is 0 Å². The number of rotatable bonds is 28. The molecule has 5 heteroatoms. The second-order valence-corrected chi connectivity index (χ2v) is 10.6. The van der Waals surface area contributed by atoms with Crippen molar-refractivity contribution in [3.63, 3.8) is 0 Å². The fourth-order valence-corrected chi connectivity index (χ4v) is 4.16. The topological polar surface area (TPSA) is 27.7 Å². The highest BCUT2D eigenvalue weighted by molar-refractivity contribution is 6.18. The zero-order valence-electron chi connectivity index (χ0n) is 23.0. The van der Waals surface area contributed by atoms with Crippen molar-refractivity contribution in [2.24, 2.45) is 11.8 Å². The number of halogens is 2. The highest BCUT2D eigenvalue weighted by Gasteiger charge is 1.99. The Morgan fingerprint density at radius 3 is 1.29 bits per heavy atom. The molecule has 0 saturated carbocycles. The molecule has 0 aliphatic carbocycles. The van der Waals surface area contributed by atoms with Gasteiger partial charge in [0.05, 0.1) is 0 Å². The standard InChI is InChI=1S/C30H56Cl2O3/c1-29(19-15-11-7-3-5-9-13-17-23-31)21-25-33-27-35-28-34-26-22-30(2)20-16-12-8-4-6-10-14-18-24-32/h15-16,19-20,29-30H,3-14,17-18,21-28H2,1-2H3. The summed E-state index contributed by atoms with van der Waals surface area (Å²) in [6, 6.07) is 0. The molecule has 0 aliphatic rings. The first kappa shape index (κ1) is 34.9. The van der Waals surface area contributed by atoms with Crippen LogP contribution in [0.2, 0.25) is 0 Å². The van der Waals surface area contributed by atoms with Gasteiger partial charge in [-0.2, -0.15) is 0 Å². The van der Waals surface area contributed by atoms with Crippen molar-refractivity contribution in [2.45, 2.75) is 117 Å². The molecule has 0 radical (unpaired) electrons. The van der Waals surface area contributed by atoms with E-state index in [1.54, 1.807) is 0 Å². The summed E-state index contributed by atoms with van der Waals surface area (Å²) in [6.45, 7) is 6.55. The Balaban J connectivity index is 3.36. The Kier molecular flexibility index (Phi) is 30.1. The normalized spacial score (nSPS) is 13.8. The Morgan fingerprint density at radius 1 is 0.514 bits per heavy atom. The molecule has 0 fully saturated rings. The quantitative estimate of drug-likeness (QED) is 0.0432. The molecule has 0 N–H and O–H groups in total. The summed E-state index contributed by atoms with van der Waals surface area (Å²) in [5.74, 6) is 2.70. The molecule has 0 aliphatic heterocycles. The van der Waals surface area contributed by atoms with Gasteiger partial charge in [-0.1, -0.05) is 89.5 Å². The molecule has 0 heterocycles. The molecule has 0 amide bonds. The van der Waals surface area contributed by atoms with Crippen LogP contribution < -0.4 is 0 Å². The van der Waals surface area contributed by atoms with Crippen molar-refractivity contribution in [2.75, 3.05) is 38.6 Å². The average molecular weight is 536 g/mol. The van der Waals surface area contributed by atoms with E-state index < -0.39 is 0 Å². The van der Waals surface area contributed by atoms with Crippen LogP contribution in [0.4, 0.5) is 0 Å². The van der Waals surface area contributed by atoms with Gasteiger partial charge < -0.3 is 14.2 Å². The minimum atomic E-state index is 0.307. The average Bonchev–Trinajstić information content (AvgIpc) is 2.85. The molecule has 35 heavy (non-hydrogen) atoms. The van der Waals surface area contributed by atoms with Crippen molar-refractivity contribution < 1.29 is 14.2 Å². The lowest BCUT2D eigenvalue weighted by Gasteiger charge is -2.10. The summed E-state index contributed by atoms with van der Waals surface area (Å²) >= 11 is 11.4. The third kappa shape index (κ3) is 30.1. The fourth-order valence-electron chi connectivity index (χ4n) is 3.79. The largest absolute Gasteiger partial charge is 0.355 e. The van der Waals surface area contributed by atoms with Crippen LogP contribution in [0, 0.1) is 11.8 Å². The molecule has 0 rings (SSSR count). The van der Waals surface area contributed by atoms with Gasteiger partial charge in [-0.05, 0) is 63.2 Å². The van der Waals surface area contributed by atoms with Crippen LogP contribution >= 0.6 is 23.2 Å². The molecule has 0 saturated heterocycles. The smallest absolute Gasteiger partial charge is 0.149 e. The van der Waals surface area contributed by atoms with Gasteiger partial charge in [-0.15, -0.1) is 23.2 Å². The minimum absolute atomic E-state index is 0.307. The summed E-state index contributed by atoms with van der Waals surface area (Å²) in [4.78, 5) is 0. The van der Waals surface area contributed by atoms with Gasteiger partial charge in [-0.3, -0.25) is 0 Å². The highest BCUT2D eigenvalue weighted by atomic mass is 35.5. The number of alkyl halides is 2. The van der Waals surface area contributed by atoms with E-state index in [0.29, 0.717) is 25.4 Å². The van der Waals surface area contributed by atoms with Crippen molar-refractivity contribution in [1.29, 1.82) is 0 Å². The lowest BCUT2D eigenvalue weighted by Crippen LogP contribution is -2.08. The van der Waals surface area contributed by atoms with Crippen LogP contribution in [0.1, 0.15) is 117 Å². The summed E-state index contributed by atoms with van der Waals surface area (Å²) in [5, 5.41) is 0. The van der Waals surface area contributed by atoms with E-state index in [1.165, 1.54) is 77.0 Å². The van der Waals surface area contributed by atoms with Gasteiger partial charge in [0.25, 0.3) is 0 Å². The SMILES string of the molecule is CC(C=CCCCCCCCCCl)CCOCOCOCCC(C)C=CCCCCCCCCCl. The first-order valence-electron chi connectivity index (χ1n) is 14.4. The molecular weight excluding hydrogens is 479 g/mol. The van der Waals surface area contributed by atoms with Gasteiger partial charge in [0.1, 0.15) is 13.6 Å². The summed E-state index contributed by atoms with van der Waals surface area (Å²) < 4.78 is 16.6. The van der Waals surface area contributed by atoms with E-state index in [-0.39, 0.29) is 0 Å². The lowest BCUT2D eigenvalue weighted by molar-refractivity contribution is -0.132.